The highest BCUT2D eigenvalue weighted by Crippen LogP contribution is 2.30. The fourth-order valence-electron chi connectivity index (χ4n) is 2.36. The van der Waals surface area contributed by atoms with Crippen molar-refractivity contribution in [1.29, 1.82) is 0 Å². The van der Waals surface area contributed by atoms with Crippen LogP contribution in [-0.2, 0) is 4.74 Å². The second-order valence-electron chi connectivity index (χ2n) is 5.75. The van der Waals surface area contributed by atoms with E-state index in [1.54, 1.807) is 6.33 Å². The van der Waals surface area contributed by atoms with Crippen LogP contribution < -0.4 is 4.90 Å². The lowest BCUT2D eigenvalue weighted by atomic mass is 10.3. The molecule has 19 heavy (non-hydrogen) atoms. The fourth-order valence-corrected chi connectivity index (χ4v) is 3.65. The smallest absolute Gasteiger partial charge is 0.184 e. The molecule has 3 rings (SSSR count). The SMILES string of the molecule is C[Si](C)(C)n1cnc2ncnc-2c1N1CCOCC1. The van der Waals surface area contributed by atoms with E-state index in [2.05, 4.69) is 43.7 Å². The van der Waals surface area contributed by atoms with E-state index >= 15 is 0 Å². The van der Waals surface area contributed by atoms with Crippen molar-refractivity contribution >= 4 is 14.1 Å². The van der Waals surface area contributed by atoms with E-state index in [0.29, 0.717) is 0 Å². The third-order valence-electron chi connectivity index (χ3n) is 3.35. The molecule has 0 amide bonds. The topological polar surface area (TPSA) is 56.1 Å². The van der Waals surface area contributed by atoms with Gasteiger partial charge in [-0.1, -0.05) is 19.6 Å². The Bertz CT molecular complexity index is 544. The maximum atomic E-state index is 5.45. The molecule has 0 N–H and O–H groups in total. The number of imidazole rings is 1. The van der Waals surface area contributed by atoms with E-state index in [-0.39, 0.29) is 0 Å². The van der Waals surface area contributed by atoms with Crippen LogP contribution in [0, 0.1) is 0 Å². The Morgan fingerprint density at radius 3 is 2.53 bits per heavy atom. The third-order valence-corrected chi connectivity index (χ3v) is 5.12. The summed E-state index contributed by atoms with van der Waals surface area (Å²) in [5, 5.41) is 0. The second-order valence-corrected chi connectivity index (χ2v) is 10.6. The van der Waals surface area contributed by atoms with Crippen LogP contribution in [0.25, 0.3) is 11.5 Å². The molecule has 6 nitrogen and oxygen atoms in total. The molecule has 0 atom stereocenters. The first-order valence-corrected chi connectivity index (χ1v) is 10.0. The van der Waals surface area contributed by atoms with Crippen molar-refractivity contribution in [3.8, 4) is 11.5 Å². The van der Waals surface area contributed by atoms with Gasteiger partial charge in [-0.3, -0.25) is 0 Å². The summed E-state index contributed by atoms with van der Waals surface area (Å²) in [6, 6.07) is 0. The summed E-state index contributed by atoms with van der Waals surface area (Å²) in [7, 11) is -1.55. The summed E-state index contributed by atoms with van der Waals surface area (Å²) in [4.78, 5) is 15.4. The van der Waals surface area contributed by atoms with Gasteiger partial charge in [0.1, 0.15) is 17.8 Å². The molecular weight excluding hydrogens is 258 g/mol. The van der Waals surface area contributed by atoms with Crippen LogP contribution in [0.4, 0.5) is 5.82 Å². The Balaban J connectivity index is 2.15. The van der Waals surface area contributed by atoms with E-state index in [4.69, 9.17) is 4.74 Å². The highest BCUT2D eigenvalue weighted by Gasteiger charge is 2.28. The molecule has 1 fully saturated rings. The normalized spacial score (nSPS) is 17.1. The maximum absolute atomic E-state index is 5.45. The summed E-state index contributed by atoms with van der Waals surface area (Å²) >= 11 is 0. The Labute approximate surface area is 113 Å². The summed E-state index contributed by atoms with van der Waals surface area (Å²) in [6.07, 6.45) is 3.52. The van der Waals surface area contributed by atoms with Crippen LogP contribution in [-0.4, -0.2) is 53.7 Å². The molecule has 0 aliphatic carbocycles. The molecule has 0 saturated carbocycles. The van der Waals surface area contributed by atoms with Crippen LogP contribution in [0.5, 0.6) is 0 Å². The van der Waals surface area contributed by atoms with Gasteiger partial charge in [-0.15, -0.1) is 0 Å². The summed E-state index contributed by atoms with van der Waals surface area (Å²) in [6.45, 7) is 10.3. The molecule has 0 radical (unpaired) electrons. The monoisotopic (exact) mass is 277 g/mol. The lowest BCUT2D eigenvalue weighted by Crippen LogP contribution is -2.43. The van der Waals surface area contributed by atoms with Crippen molar-refractivity contribution in [2.24, 2.45) is 0 Å². The molecule has 3 aliphatic heterocycles. The van der Waals surface area contributed by atoms with Crippen LogP contribution in [0.2, 0.25) is 19.6 Å². The summed E-state index contributed by atoms with van der Waals surface area (Å²) in [5.74, 6) is 1.89. The number of morpholine rings is 1. The molecule has 0 unspecified atom stereocenters. The average Bonchev–Trinajstić information content (AvgIpc) is 2.85. The highest BCUT2D eigenvalue weighted by atomic mass is 28.3. The van der Waals surface area contributed by atoms with Crippen molar-refractivity contribution < 1.29 is 4.74 Å². The molecular formula is C12H19N5OSi. The number of aromatic nitrogens is 4. The molecule has 0 aromatic rings. The molecule has 7 heteroatoms. The molecule has 1 saturated heterocycles. The van der Waals surface area contributed by atoms with Gasteiger partial charge in [0.2, 0.25) is 0 Å². The summed E-state index contributed by atoms with van der Waals surface area (Å²) in [5.41, 5.74) is 0.909. The first kappa shape index (κ1) is 12.6. The van der Waals surface area contributed by atoms with Gasteiger partial charge in [-0.2, -0.15) is 0 Å². The number of ether oxygens (including phenoxy) is 1. The number of rotatable bonds is 2. The number of nitrogens with zero attached hydrogens (tertiary/aromatic N) is 5. The molecule has 0 aromatic heterocycles. The first-order valence-electron chi connectivity index (χ1n) is 6.58. The Kier molecular flexibility index (Phi) is 3.02. The quantitative estimate of drug-likeness (QED) is 0.774. The van der Waals surface area contributed by atoms with Crippen molar-refractivity contribution in [2.45, 2.75) is 19.6 Å². The largest absolute Gasteiger partial charge is 0.378 e. The number of anilines is 1. The van der Waals surface area contributed by atoms with Crippen LogP contribution in [0.1, 0.15) is 0 Å². The number of hydrogen-bond acceptors (Lipinski definition) is 5. The lowest BCUT2D eigenvalue weighted by molar-refractivity contribution is 0.122. The zero-order valence-electron chi connectivity index (χ0n) is 11.6. The maximum Gasteiger partial charge on any atom is 0.184 e. The summed E-state index contributed by atoms with van der Waals surface area (Å²) < 4.78 is 7.76. The van der Waals surface area contributed by atoms with Gasteiger partial charge < -0.3 is 13.9 Å². The Morgan fingerprint density at radius 2 is 1.84 bits per heavy atom. The number of fused-ring (bicyclic) bond motifs is 1. The van der Waals surface area contributed by atoms with E-state index in [1.807, 2.05) is 6.33 Å². The Morgan fingerprint density at radius 1 is 1.11 bits per heavy atom. The van der Waals surface area contributed by atoms with Gasteiger partial charge in [0, 0.05) is 13.1 Å². The Hall–Kier alpha value is -1.47. The lowest BCUT2D eigenvalue weighted by Gasteiger charge is -2.35. The second kappa shape index (κ2) is 4.57. The average molecular weight is 277 g/mol. The van der Waals surface area contributed by atoms with Gasteiger partial charge >= 0.3 is 0 Å². The molecule has 0 aromatic carbocycles. The molecule has 3 heterocycles. The van der Waals surface area contributed by atoms with E-state index < -0.39 is 8.24 Å². The molecule has 0 spiro atoms. The fraction of sp³-hybridized carbons (Fsp3) is 0.583. The third kappa shape index (κ3) is 2.23. The minimum absolute atomic E-state index is 0.732. The standard InChI is InChI=1S/C12H19N5OSi/c1-19(2,3)17-9-15-11-10(13-8-14-11)12(17)16-4-6-18-7-5-16/h8-9H,4-7H2,1-3H3. The minimum Gasteiger partial charge on any atom is -0.378 e. The van der Waals surface area contributed by atoms with Crippen LogP contribution in [0.3, 0.4) is 0 Å². The highest BCUT2D eigenvalue weighted by molar-refractivity contribution is 6.75. The van der Waals surface area contributed by atoms with E-state index in [9.17, 15) is 0 Å². The van der Waals surface area contributed by atoms with E-state index in [1.165, 1.54) is 0 Å². The van der Waals surface area contributed by atoms with Crippen LogP contribution in [0.15, 0.2) is 12.7 Å². The predicted octanol–water partition coefficient (Wildman–Crippen LogP) is 1.30. The minimum atomic E-state index is -1.55. The van der Waals surface area contributed by atoms with Gasteiger partial charge in [0.15, 0.2) is 14.1 Å². The van der Waals surface area contributed by atoms with Crippen molar-refractivity contribution in [2.75, 3.05) is 31.2 Å². The van der Waals surface area contributed by atoms with E-state index in [0.717, 1.165) is 43.6 Å². The molecule has 0 bridgehead atoms. The zero-order chi connectivity index (χ0) is 13.5. The van der Waals surface area contributed by atoms with Gasteiger partial charge in [0.25, 0.3) is 0 Å². The molecule has 102 valence electrons. The predicted molar refractivity (Wildman–Crippen MR) is 76.2 cm³/mol. The van der Waals surface area contributed by atoms with Crippen molar-refractivity contribution in [1.82, 2.24) is 19.2 Å². The van der Waals surface area contributed by atoms with Gasteiger partial charge in [-0.25, -0.2) is 15.0 Å². The zero-order valence-corrected chi connectivity index (χ0v) is 12.6. The molecule has 3 aliphatic rings. The van der Waals surface area contributed by atoms with Gasteiger partial charge in [0.05, 0.1) is 19.5 Å². The van der Waals surface area contributed by atoms with Crippen molar-refractivity contribution in [3.05, 3.63) is 12.7 Å². The number of hydrogen-bond donors (Lipinski definition) is 0. The van der Waals surface area contributed by atoms with Gasteiger partial charge in [-0.05, 0) is 0 Å². The van der Waals surface area contributed by atoms with Crippen molar-refractivity contribution in [3.63, 3.8) is 0 Å². The van der Waals surface area contributed by atoms with Crippen LogP contribution >= 0.6 is 0 Å². The first-order chi connectivity index (χ1) is 9.07.